The Labute approximate surface area is 217 Å². The maximum Gasteiger partial charge on any atom is 0.407 e. The largest absolute Gasteiger partial charge is 0.492 e. The Balaban J connectivity index is 2.05. The molecule has 1 unspecified atom stereocenters. The number of carboxylic acids is 1. The average molecular weight is 533 g/mol. The van der Waals surface area contributed by atoms with Crippen molar-refractivity contribution in [1.82, 2.24) is 9.62 Å². The monoisotopic (exact) mass is 532 g/mol. The second-order valence-corrected chi connectivity index (χ2v) is 10.8. The van der Waals surface area contributed by atoms with Crippen molar-refractivity contribution in [2.24, 2.45) is 0 Å². The van der Waals surface area contributed by atoms with E-state index in [9.17, 15) is 23.1 Å². The summed E-state index contributed by atoms with van der Waals surface area (Å²) < 4.78 is 43.2. The summed E-state index contributed by atoms with van der Waals surface area (Å²) in [5.41, 5.74) is -0.361. The minimum absolute atomic E-state index is 0.0763. The molecule has 200 valence electrons. The topological polar surface area (TPSA) is 131 Å². The Hall–Kier alpha value is -3.75. The molecule has 0 spiro atoms. The molecule has 37 heavy (non-hydrogen) atoms. The van der Waals surface area contributed by atoms with Crippen molar-refractivity contribution in [3.05, 3.63) is 54.1 Å². The zero-order valence-electron chi connectivity index (χ0n) is 21.5. The number of nitrogens with zero attached hydrogens (tertiary/aromatic N) is 1. The van der Waals surface area contributed by atoms with Gasteiger partial charge in [-0.15, -0.1) is 5.92 Å². The van der Waals surface area contributed by atoms with Gasteiger partial charge in [-0.2, -0.15) is 4.31 Å². The number of rotatable bonds is 11. The van der Waals surface area contributed by atoms with E-state index in [1.807, 2.05) is 0 Å². The van der Waals surface area contributed by atoms with Crippen LogP contribution in [0.15, 0.2) is 53.4 Å². The van der Waals surface area contributed by atoms with Gasteiger partial charge in [0.25, 0.3) is 0 Å². The van der Waals surface area contributed by atoms with Crippen LogP contribution in [-0.4, -0.2) is 62.3 Å². The van der Waals surface area contributed by atoms with Crippen molar-refractivity contribution in [3.8, 4) is 23.3 Å². The summed E-state index contributed by atoms with van der Waals surface area (Å²) in [5.74, 6) is 4.96. The van der Waals surface area contributed by atoms with Gasteiger partial charge < -0.3 is 24.6 Å². The number of carbonyl (C=O) groups excluding carboxylic acids is 1. The van der Waals surface area contributed by atoms with Crippen LogP contribution in [0, 0.1) is 11.8 Å². The molecule has 1 atom stereocenters. The number of benzene rings is 2. The van der Waals surface area contributed by atoms with Crippen molar-refractivity contribution in [3.63, 3.8) is 0 Å². The molecule has 1 amide bonds. The minimum atomic E-state index is -4.14. The first-order chi connectivity index (χ1) is 17.3. The number of alkyl carbamates (subject to hydrolysis) is 1. The summed E-state index contributed by atoms with van der Waals surface area (Å²) in [6.45, 7) is 7.48. The van der Waals surface area contributed by atoms with Crippen molar-refractivity contribution in [2.75, 3.05) is 26.8 Å². The fourth-order valence-corrected chi connectivity index (χ4v) is 4.40. The zero-order valence-corrected chi connectivity index (χ0v) is 22.3. The summed E-state index contributed by atoms with van der Waals surface area (Å²) in [6, 6.07) is 10.2. The van der Waals surface area contributed by atoms with Gasteiger partial charge in [-0.25, -0.2) is 13.2 Å². The molecular weight excluding hydrogens is 500 g/mol. The zero-order chi connectivity index (χ0) is 27.6. The maximum atomic E-state index is 13.1. The number of likely N-dealkylation sites (N-methyl/N-ethyl adjacent to an activating group) is 1. The molecule has 0 aliphatic heterocycles. The summed E-state index contributed by atoms with van der Waals surface area (Å²) in [5, 5.41) is 12.4. The van der Waals surface area contributed by atoms with Crippen LogP contribution < -0.4 is 14.8 Å². The fraction of sp³-hybridized carbons (Fsp3) is 0.385. The maximum absolute atomic E-state index is 13.1. The van der Waals surface area contributed by atoms with E-state index in [2.05, 4.69) is 17.2 Å². The summed E-state index contributed by atoms with van der Waals surface area (Å²) in [7, 11) is -2.93. The van der Waals surface area contributed by atoms with Crippen LogP contribution in [0.2, 0.25) is 0 Å². The highest BCUT2D eigenvalue weighted by Crippen LogP contribution is 2.28. The lowest BCUT2D eigenvalue weighted by Crippen LogP contribution is -2.36. The molecule has 10 nitrogen and oxygen atoms in total. The van der Waals surface area contributed by atoms with E-state index in [-0.39, 0.29) is 30.2 Å². The minimum Gasteiger partial charge on any atom is -0.492 e. The van der Waals surface area contributed by atoms with Gasteiger partial charge in [-0.1, -0.05) is 18.1 Å². The van der Waals surface area contributed by atoms with E-state index >= 15 is 0 Å². The third kappa shape index (κ3) is 9.00. The van der Waals surface area contributed by atoms with Gasteiger partial charge >= 0.3 is 12.1 Å². The lowest BCUT2D eigenvalue weighted by Gasteiger charge is -2.25. The Morgan fingerprint density at radius 2 is 1.59 bits per heavy atom. The molecular formula is C26H32N2O8S. The normalized spacial score (nSPS) is 12.2. The van der Waals surface area contributed by atoms with Crippen LogP contribution in [0.3, 0.4) is 0 Å². The molecule has 0 heterocycles. The number of hydrogen-bond donors (Lipinski definition) is 2. The van der Waals surface area contributed by atoms with E-state index in [1.54, 1.807) is 27.7 Å². The van der Waals surface area contributed by atoms with Gasteiger partial charge in [-0.05, 0) is 69.7 Å². The lowest BCUT2D eigenvalue weighted by molar-refractivity contribution is -0.141. The highest BCUT2D eigenvalue weighted by atomic mass is 32.2. The summed E-state index contributed by atoms with van der Waals surface area (Å²) in [4.78, 5) is 23.6. The number of ether oxygens (including phenoxy) is 3. The lowest BCUT2D eigenvalue weighted by atomic mass is 10.1. The number of hydrogen-bond acceptors (Lipinski definition) is 7. The van der Waals surface area contributed by atoms with Gasteiger partial charge in [0.1, 0.15) is 36.4 Å². The predicted octanol–water partition coefficient (Wildman–Crippen LogP) is 3.44. The molecule has 0 radical (unpaired) electrons. The number of carbonyl (C=O) groups is 2. The smallest absolute Gasteiger partial charge is 0.407 e. The Morgan fingerprint density at radius 3 is 2.14 bits per heavy atom. The van der Waals surface area contributed by atoms with Gasteiger partial charge in [0.2, 0.25) is 10.0 Å². The van der Waals surface area contributed by atoms with Gasteiger partial charge in [0, 0.05) is 7.05 Å². The molecule has 2 aromatic rings. The highest BCUT2D eigenvalue weighted by Gasteiger charge is 2.34. The Morgan fingerprint density at radius 1 is 1.03 bits per heavy atom. The molecule has 0 aromatic heterocycles. The molecule has 2 rings (SSSR count). The molecule has 2 N–H and O–H groups in total. The second kappa shape index (κ2) is 13.0. The first kappa shape index (κ1) is 29.5. The van der Waals surface area contributed by atoms with Gasteiger partial charge in [-0.3, -0.25) is 4.79 Å². The molecule has 0 saturated heterocycles. The molecule has 0 aliphatic rings. The van der Waals surface area contributed by atoms with E-state index in [4.69, 9.17) is 14.2 Å². The van der Waals surface area contributed by atoms with Crippen molar-refractivity contribution in [1.29, 1.82) is 0 Å². The SMILES string of the molecule is CC#CCOc1ccc(S(=O)(=O)N(C)C(C(=O)O)c2ccc(OCCNC(=O)OC(C)(C)C)cc2)cc1. The third-order valence-electron chi connectivity index (χ3n) is 4.82. The number of nitrogens with one attached hydrogen (secondary N) is 1. The van der Waals surface area contributed by atoms with Gasteiger partial charge in [0.15, 0.2) is 0 Å². The van der Waals surface area contributed by atoms with Crippen LogP contribution in [0.5, 0.6) is 11.5 Å². The van der Waals surface area contributed by atoms with E-state index in [0.29, 0.717) is 11.5 Å². The number of carboxylic acid groups (broad SMARTS) is 1. The molecule has 0 bridgehead atoms. The second-order valence-electron chi connectivity index (χ2n) is 8.80. The van der Waals surface area contributed by atoms with E-state index in [1.165, 1.54) is 55.6 Å². The first-order valence-corrected chi connectivity index (χ1v) is 12.8. The molecule has 0 saturated carbocycles. The van der Waals surface area contributed by atoms with Crippen molar-refractivity contribution >= 4 is 22.1 Å². The van der Waals surface area contributed by atoms with Crippen LogP contribution in [0.4, 0.5) is 4.79 Å². The van der Waals surface area contributed by atoms with Crippen LogP contribution in [-0.2, 0) is 19.6 Å². The Kier molecular flexibility index (Phi) is 10.3. The van der Waals surface area contributed by atoms with Gasteiger partial charge in [0.05, 0.1) is 11.4 Å². The highest BCUT2D eigenvalue weighted by molar-refractivity contribution is 7.89. The number of aliphatic carboxylic acids is 1. The fourth-order valence-electron chi connectivity index (χ4n) is 3.09. The summed E-state index contributed by atoms with van der Waals surface area (Å²) in [6.07, 6.45) is -0.562. The Bertz CT molecular complexity index is 1220. The third-order valence-corrected chi connectivity index (χ3v) is 6.66. The first-order valence-electron chi connectivity index (χ1n) is 11.4. The summed E-state index contributed by atoms with van der Waals surface area (Å²) >= 11 is 0. The van der Waals surface area contributed by atoms with E-state index in [0.717, 1.165) is 4.31 Å². The number of amides is 1. The van der Waals surface area contributed by atoms with Crippen LogP contribution in [0.1, 0.15) is 39.3 Å². The molecule has 11 heteroatoms. The quantitative estimate of drug-likeness (QED) is 0.332. The molecule has 0 aliphatic carbocycles. The van der Waals surface area contributed by atoms with Crippen molar-refractivity contribution in [2.45, 2.75) is 44.2 Å². The van der Waals surface area contributed by atoms with Crippen LogP contribution >= 0.6 is 0 Å². The van der Waals surface area contributed by atoms with Crippen LogP contribution in [0.25, 0.3) is 0 Å². The molecule has 2 aromatic carbocycles. The number of sulfonamides is 1. The predicted molar refractivity (Wildman–Crippen MR) is 137 cm³/mol. The molecule has 0 fully saturated rings. The standard InChI is InChI=1S/C26H32N2O8S/c1-6-7-17-34-21-12-14-22(15-13-21)37(32,33)28(5)23(24(29)30)19-8-10-20(11-9-19)35-18-16-27-25(31)36-26(2,3)4/h8-15,23H,16-18H2,1-5H3,(H,27,31)(H,29,30). The van der Waals surface area contributed by atoms with Crippen molar-refractivity contribution < 1.29 is 37.3 Å². The average Bonchev–Trinajstić information content (AvgIpc) is 2.82. The van der Waals surface area contributed by atoms with E-state index < -0.39 is 33.7 Å².